The number of hydrogen-bond acceptors (Lipinski definition) is 4. The van der Waals surface area contributed by atoms with Crippen LogP contribution >= 0.6 is 15.9 Å². The monoisotopic (exact) mass is 361 g/mol. The van der Waals surface area contributed by atoms with Gasteiger partial charge in [-0.15, -0.1) is 0 Å². The third-order valence-electron chi connectivity index (χ3n) is 2.88. The number of nitrogens with one attached hydrogen (secondary N) is 1. The summed E-state index contributed by atoms with van der Waals surface area (Å²) in [7, 11) is 0. The number of aromatic amines is 1. The number of carbonyl (C=O) groups excluding carboxylic acids is 1. The van der Waals surface area contributed by atoms with E-state index < -0.39 is 11.5 Å². The Morgan fingerprint density at radius 2 is 2.14 bits per heavy atom. The summed E-state index contributed by atoms with van der Waals surface area (Å²) in [6.07, 6.45) is 0. The van der Waals surface area contributed by atoms with Gasteiger partial charge in [0.1, 0.15) is 17.4 Å². The second kappa shape index (κ2) is 6.45. The van der Waals surface area contributed by atoms with Crippen molar-refractivity contribution in [3.05, 3.63) is 50.3 Å². The molecular weight excluding hydrogens is 350 g/mol. The lowest BCUT2D eigenvalue weighted by Crippen LogP contribution is -2.20. The Morgan fingerprint density at radius 1 is 1.41 bits per heavy atom. The lowest BCUT2D eigenvalue weighted by Gasteiger charge is -2.12. The summed E-state index contributed by atoms with van der Waals surface area (Å²) in [6, 6.07) is 8.65. The van der Waals surface area contributed by atoms with Gasteiger partial charge in [0.05, 0.1) is 0 Å². The summed E-state index contributed by atoms with van der Waals surface area (Å²) in [5, 5.41) is 9.23. The zero-order chi connectivity index (χ0) is 16.3. The van der Waals surface area contributed by atoms with Crippen LogP contribution in [0.1, 0.15) is 11.3 Å². The zero-order valence-electron chi connectivity index (χ0n) is 11.6. The molecule has 1 aromatic heterocycles. The van der Waals surface area contributed by atoms with Crippen molar-refractivity contribution < 1.29 is 9.53 Å². The highest BCUT2D eigenvalue weighted by molar-refractivity contribution is 9.10. The van der Waals surface area contributed by atoms with Crippen molar-refractivity contribution in [3.63, 3.8) is 0 Å². The first kappa shape index (κ1) is 15.8. The minimum absolute atomic E-state index is 0.0207. The van der Waals surface area contributed by atoms with Gasteiger partial charge in [-0.25, -0.2) is 0 Å². The highest BCUT2D eigenvalue weighted by Crippen LogP contribution is 2.34. The molecule has 0 saturated heterocycles. The number of halogens is 1. The van der Waals surface area contributed by atoms with Gasteiger partial charge < -0.3 is 15.5 Å². The summed E-state index contributed by atoms with van der Waals surface area (Å²) in [5.41, 5.74) is 6.16. The molecule has 0 aliphatic heterocycles. The van der Waals surface area contributed by atoms with E-state index in [2.05, 4.69) is 20.9 Å². The highest BCUT2D eigenvalue weighted by atomic mass is 79.9. The van der Waals surface area contributed by atoms with Crippen LogP contribution in [0, 0.1) is 18.3 Å². The topological polar surface area (TPSA) is 109 Å². The number of hydrogen-bond donors (Lipinski definition) is 2. The number of aromatic nitrogens is 1. The van der Waals surface area contributed by atoms with Gasteiger partial charge in [-0.05, 0) is 31.2 Å². The molecule has 2 aromatic rings. The second-order valence-electron chi connectivity index (χ2n) is 4.58. The van der Waals surface area contributed by atoms with Crippen LogP contribution < -0.4 is 16.0 Å². The molecule has 0 aliphatic carbocycles. The van der Waals surface area contributed by atoms with E-state index >= 15 is 0 Å². The first-order chi connectivity index (χ1) is 10.4. The quantitative estimate of drug-likeness (QED) is 0.865. The predicted molar refractivity (Wildman–Crippen MR) is 84.3 cm³/mol. The number of ether oxygens (including phenoxy) is 1. The molecule has 0 radical (unpaired) electrons. The third-order valence-corrected chi connectivity index (χ3v) is 3.37. The molecule has 0 unspecified atom stereocenters. The first-order valence-corrected chi connectivity index (χ1v) is 7.06. The van der Waals surface area contributed by atoms with Crippen molar-refractivity contribution in [2.75, 3.05) is 6.61 Å². The lowest BCUT2D eigenvalue weighted by atomic mass is 10.00. The average Bonchev–Trinajstić information content (AvgIpc) is 2.45. The van der Waals surface area contributed by atoms with Crippen molar-refractivity contribution in [1.29, 1.82) is 5.26 Å². The van der Waals surface area contributed by atoms with Gasteiger partial charge in [0.25, 0.3) is 11.5 Å². The summed E-state index contributed by atoms with van der Waals surface area (Å²) < 4.78 is 6.12. The molecule has 22 heavy (non-hydrogen) atoms. The maximum absolute atomic E-state index is 11.9. The molecule has 0 bridgehead atoms. The van der Waals surface area contributed by atoms with Crippen LogP contribution in [0.3, 0.4) is 0 Å². The number of rotatable bonds is 4. The van der Waals surface area contributed by atoms with Gasteiger partial charge in [0, 0.05) is 21.3 Å². The lowest BCUT2D eigenvalue weighted by molar-refractivity contribution is -0.119. The van der Waals surface area contributed by atoms with Gasteiger partial charge in [-0.2, -0.15) is 5.26 Å². The van der Waals surface area contributed by atoms with Crippen LogP contribution in [0.5, 0.6) is 5.75 Å². The van der Waals surface area contributed by atoms with E-state index in [1.165, 1.54) is 0 Å². The van der Waals surface area contributed by atoms with Gasteiger partial charge in [0.2, 0.25) is 0 Å². The predicted octanol–water partition coefficient (Wildman–Crippen LogP) is 1.85. The maximum atomic E-state index is 11.9. The van der Waals surface area contributed by atoms with Crippen LogP contribution in [0.25, 0.3) is 11.1 Å². The molecule has 3 N–H and O–H groups in total. The minimum Gasteiger partial charge on any atom is -0.483 e. The Labute approximate surface area is 134 Å². The number of primary amides is 1. The SMILES string of the molecule is Cc1cc(-c2cc(Br)ccc2OCC(N)=O)c(C#N)c(=O)[nH]1. The Morgan fingerprint density at radius 3 is 2.77 bits per heavy atom. The molecule has 112 valence electrons. The molecule has 7 heteroatoms. The Kier molecular flexibility index (Phi) is 4.63. The largest absolute Gasteiger partial charge is 0.483 e. The molecule has 1 aromatic carbocycles. The molecule has 0 atom stereocenters. The average molecular weight is 362 g/mol. The van der Waals surface area contributed by atoms with E-state index in [1.807, 2.05) is 6.07 Å². The number of benzene rings is 1. The van der Waals surface area contributed by atoms with Gasteiger partial charge in [-0.1, -0.05) is 15.9 Å². The molecule has 2 rings (SSSR count). The van der Waals surface area contributed by atoms with Crippen molar-refractivity contribution in [1.82, 2.24) is 4.98 Å². The summed E-state index contributed by atoms with van der Waals surface area (Å²) >= 11 is 3.34. The number of nitrogens with zero attached hydrogens (tertiary/aromatic N) is 1. The summed E-state index contributed by atoms with van der Waals surface area (Å²) in [6.45, 7) is 1.42. The third kappa shape index (κ3) is 3.35. The summed E-state index contributed by atoms with van der Waals surface area (Å²) in [4.78, 5) is 25.4. The van der Waals surface area contributed by atoms with Gasteiger partial charge in [0.15, 0.2) is 6.61 Å². The molecular formula is C15H12BrN3O3. The number of nitriles is 1. The summed E-state index contributed by atoms with van der Waals surface area (Å²) in [5.74, 6) is -0.250. The number of amides is 1. The molecule has 0 saturated carbocycles. The van der Waals surface area contributed by atoms with Crippen LogP contribution in [0.15, 0.2) is 33.5 Å². The highest BCUT2D eigenvalue weighted by Gasteiger charge is 2.15. The Bertz CT molecular complexity index is 837. The fourth-order valence-corrected chi connectivity index (χ4v) is 2.36. The first-order valence-electron chi connectivity index (χ1n) is 6.27. The molecule has 0 aliphatic rings. The van der Waals surface area contributed by atoms with E-state index in [1.54, 1.807) is 31.2 Å². The molecule has 1 amide bonds. The zero-order valence-corrected chi connectivity index (χ0v) is 13.2. The molecule has 1 heterocycles. The molecule has 6 nitrogen and oxygen atoms in total. The van der Waals surface area contributed by atoms with E-state index in [4.69, 9.17) is 10.5 Å². The standard InChI is InChI=1S/C15H12BrN3O3/c1-8-4-10(12(6-17)15(21)19-8)11-5-9(16)2-3-13(11)22-7-14(18)20/h2-5H,7H2,1H3,(H2,18,20)(H,19,21). The molecule has 0 fully saturated rings. The Balaban J connectivity index is 2.66. The van der Waals surface area contributed by atoms with Gasteiger partial charge in [-0.3, -0.25) is 9.59 Å². The van der Waals surface area contributed by atoms with Crippen molar-refractivity contribution in [2.24, 2.45) is 5.73 Å². The number of aryl methyl sites for hydroxylation is 1. The fourth-order valence-electron chi connectivity index (χ4n) is 2.00. The van der Waals surface area contributed by atoms with E-state index in [0.29, 0.717) is 22.6 Å². The fraction of sp³-hybridized carbons (Fsp3) is 0.133. The van der Waals surface area contributed by atoms with Crippen LogP contribution in [-0.4, -0.2) is 17.5 Å². The van der Waals surface area contributed by atoms with Crippen LogP contribution in [0.4, 0.5) is 0 Å². The van der Waals surface area contributed by atoms with Crippen LogP contribution in [-0.2, 0) is 4.79 Å². The number of nitrogens with two attached hydrogens (primary N) is 1. The number of H-pyrrole nitrogens is 1. The minimum atomic E-state index is -0.614. The number of pyridine rings is 1. The normalized spacial score (nSPS) is 10.0. The second-order valence-corrected chi connectivity index (χ2v) is 5.49. The van der Waals surface area contributed by atoms with Crippen molar-refractivity contribution in [2.45, 2.75) is 6.92 Å². The van der Waals surface area contributed by atoms with Crippen LogP contribution in [0.2, 0.25) is 0 Å². The number of carbonyl (C=O) groups is 1. The van der Waals surface area contributed by atoms with E-state index in [9.17, 15) is 14.9 Å². The molecule has 0 spiro atoms. The van der Waals surface area contributed by atoms with E-state index in [0.717, 1.165) is 4.47 Å². The maximum Gasteiger partial charge on any atom is 0.266 e. The van der Waals surface area contributed by atoms with Crippen molar-refractivity contribution >= 4 is 21.8 Å². The van der Waals surface area contributed by atoms with Gasteiger partial charge >= 0.3 is 0 Å². The Hall–Kier alpha value is -2.59. The van der Waals surface area contributed by atoms with Crippen molar-refractivity contribution in [3.8, 4) is 22.9 Å². The smallest absolute Gasteiger partial charge is 0.266 e. The van der Waals surface area contributed by atoms with E-state index in [-0.39, 0.29) is 12.2 Å².